The molecule has 0 unspecified atom stereocenters. The molecule has 1 saturated heterocycles. The van der Waals surface area contributed by atoms with E-state index in [2.05, 4.69) is 27.7 Å². The molecule has 1 amide bonds. The Hall–Kier alpha value is -2.10. The van der Waals surface area contributed by atoms with Crippen LogP contribution in [0.15, 0.2) is 42.7 Å². The number of benzene rings is 1. The van der Waals surface area contributed by atoms with Gasteiger partial charge in [0.05, 0.1) is 29.3 Å². The standard InChI is InChI=1S/C16H16IN3O4/c17-13-7-18-20(8-13)16(6-14(21)22)10-19(11-16)15(23)24-9-12-4-2-1-3-5-12/h1-5,7-8H,6,9-11H2,(H,21,22). The maximum absolute atomic E-state index is 12.1. The van der Waals surface area contributed by atoms with E-state index in [1.807, 2.05) is 30.3 Å². The molecule has 0 aliphatic carbocycles. The highest BCUT2D eigenvalue weighted by Gasteiger charge is 2.49. The number of hydrogen-bond acceptors (Lipinski definition) is 4. The predicted octanol–water partition coefficient (Wildman–Crippen LogP) is 2.31. The summed E-state index contributed by atoms with van der Waals surface area (Å²) in [5, 5.41) is 13.4. The molecule has 1 fully saturated rings. The van der Waals surface area contributed by atoms with Crippen molar-refractivity contribution in [3.63, 3.8) is 0 Å². The van der Waals surface area contributed by atoms with Gasteiger partial charge in [0.1, 0.15) is 12.1 Å². The second-order valence-electron chi connectivity index (χ2n) is 5.79. The van der Waals surface area contributed by atoms with Crippen LogP contribution in [0.3, 0.4) is 0 Å². The van der Waals surface area contributed by atoms with E-state index in [0.29, 0.717) is 0 Å². The molecule has 2 heterocycles. The Kier molecular flexibility index (Phi) is 4.74. The molecular formula is C16H16IN3O4. The zero-order chi connectivity index (χ0) is 17.2. The predicted molar refractivity (Wildman–Crippen MR) is 93.4 cm³/mol. The van der Waals surface area contributed by atoms with Crippen LogP contribution in [0, 0.1) is 3.57 Å². The zero-order valence-electron chi connectivity index (χ0n) is 12.8. The van der Waals surface area contributed by atoms with E-state index in [9.17, 15) is 14.7 Å². The number of aromatic nitrogens is 2. The summed E-state index contributed by atoms with van der Waals surface area (Å²) in [5.74, 6) is -0.919. The summed E-state index contributed by atoms with van der Waals surface area (Å²) in [4.78, 5) is 24.8. The monoisotopic (exact) mass is 441 g/mol. The number of carbonyl (C=O) groups is 2. The molecule has 0 atom stereocenters. The van der Waals surface area contributed by atoms with E-state index in [1.165, 1.54) is 4.90 Å². The van der Waals surface area contributed by atoms with Crippen molar-refractivity contribution < 1.29 is 19.4 Å². The largest absolute Gasteiger partial charge is 0.481 e. The van der Waals surface area contributed by atoms with E-state index in [1.54, 1.807) is 17.1 Å². The van der Waals surface area contributed by atoms with Gasteiger partial charge >= 0.3 is 12.1 Å². The van der Waals surface area contributed by atoms with Gasteiger partial charge in [0.15, 0.2) is 0 Å². The van der Waals surface area contributed by atoms with E-state index < -0.39 is 17.6 Å². The molecular weight excluding hydrogens is 425 g/mol. The maximum atomic E-state index is 12.1. The normalized spacial score (nSPS) is 15.6. The fourth-order valence-corrected chi connectivity index (χ4v) is 3.17. The SMILES string of the molecule is O=C(O)CC1(n2cc(I)cn2)CN(C(=O)OCc2ccccc2)C1. The summed E-state index contributed by atoms with van der Waals surface area (Å²) in [6, 6.07) is 9.41. The molecule has 0 bridgehead atoms. The number of nitrogens with zero attached hydrogens (tertiary/aromatic N) is 3. The van der Waals surface area contributed by atoms with Crippen molar-refractivity contribution in [2.45, 2.75) is 18.6 Å². The third-order valence-electron chi connectivity index (χ3n) is 3.95. The van der Waals surface area contributed by atoms with E-state index >= 15 is 0 Å². The van der Waals surface area contributed by atoms with Crippen molar-refractivity contribution in [1.29, 1.82) is 0 Å². The zero-order valence-corrected chi connectivity index (χ0v) is 14.9. The molecule has 0 spiro atoms. The van der Waals surface area contributed by atoms with Crippen LogP contribution in [0.25, 0.3) is 0 Å². The number of hydrogen-bond donors (Lipinski definition) is 1. The number of carboxylic acid groups (broad SMARTS) is 1. The van der Waals surface area contributed by atoms with Gasteiger partial charge in [-0.25, -0.2) is 4.79 Å². The average Bonchev–Trinajstić information content (AvgIpc) is 2.95. The summed E-state index contributed by atoms with van der Waals surface area (Å²) in [6.45, 7) is 0.733. The van der Waals surface area contributed by atoms with Crippen LogP contribution in [0.4, 0.5) is 4.79 Å². The van der Waals surface area contributed by atoms with Crippen molar-refractivity contribution in [2.75, 3.05) is 13.1 Å². The molecule has 8 heteroatoms. The molecule has 1 aliphatic rings. The molecule has 2 aromatic rings. The number of amides is 1. The van der Waals surface area contributed by atoms with E-state index in [0.717, 1.165) is 9.13 Å². The van der Waals surface area contributed by atoms with Crippen LogP contribution in [0.2, 0.25) is 0 Å². The third kappa shape index (κ3) is 3.53. The first kappa shape index (κ1) is 16.7. The molecule has 1 aromatic carbocycles. The van der Waals surface area contributed by atoms with Crippen LogP contribution in [-0.2, 0) is 21.7 Å². The van der Waals surface area contributed by atoms with E-state index in [-0.39, 0.29) is 26.1 Å². The molecule has 1 aromatic heterocycles. The summed E-state index contributed by atoms with van der Waals surface area (Å²) in [5.41, 5.74) is 0.200. The Morgan fingerprint density at radius 3 is 2.58 bits per heavy atom. The van der Waals surface area contributed by atoms with Crippen LogP contribution in [0.5, 0.6) is 0 Å². The Labute approximate surface area is 152 Å². The Morgan fingerprint density at radius 2 is 2.00 bits per heavy atom. The molecule has 126 valence electrons. The average molecular weight is 441 g/mol. The van der Waals surface area contributed by atoms with Crippen molar-refractivity contribution >= 4 is 34.7 Å². The highest BCUT2D eigenvalue weighted by Crippen LogP contribution is 2.33. The fourth-order valence-electron chi connectivity index (χ4n) is 2.78. The molecule has 24 heavy (non-hydrogen) atoms. The van der Waals surface area contributed by atoms with Crippen LogP contribution >= 0.6 is 22.6 Å². The van der Waals surface area contributed by atoms with Gasteiger partial charge in [0.2, 0.25) is 0 Å². The highest BCUT2D eigenvalue weighted by molar-refractivity contribution is 14.1. The van der Waals surface area contributed by atoms with Crippen LogP contribution < -0.4 is 0 Å². The number of aliphatic carboxylic acids is 1. The van der Waals surface area contributed by atoms with Gasteiger partial charge in [-0.15, -0.1) is 0 Å². The number of likely N-dealkylation sites (tertiary alicyclic amines) is 1. The first-order valence-electron chi connectivity index (χ1n) is 7.37. The smallest absolute Gasteiger partial charge is 0.410 e. The van der Waals surface area contributed by atoms with Gasteiger partial charge in [-0.3, -0.25) is 9.48 Å². The maximum Gasteiger partial charge on any atom is 0.410 e. The second-order valence-corrected chi connectivity index (χ2v) is 7.04. The van der Waals surface area contributed by atoms with Crippen molar-refractivity contribution in [2.24, 2.45) is 0 Å². The number of ether oxygens (including phenoxy) is 1. The van der Waals surface area contributed by atoms with Gasteiger partial charge in [-0.2, -0.15) is 5.10 Å². The number of carbonyl (C=O) groups excluding carboxylic acids is 1. The Balaban J connectivity index is 1.62. The minimum atomic E-state index is -0.919. The molecule has 3 rings (SSSR count). The van der Waals surface area contributed by atoms with Crippen LogP contribution in [-0.4, -0.2) is 44.9 Å². The highest BCUT2D eigenvalue weighted by atomic mass is 127. The molecule has 1 N–H and O–H groups in total. The van der Waals surface area contributed by atoms with Crippen molar-refractivity contribution in [1.82, 2.24) is 14.7 Å². The molecule has 1 aliphatic heterocycles. The quantitative estimate of drug-likeness (QED) is 0.721. The lowest BCUT2D eigenvalue weighted by atomic mass is 9.86. The Bertz CT molecular complexity index is 741. The van der Waals surface area contributed by atoms with Gasteiger partial charge in [-0.05, 0) is 28.2 Å². The van der Waals surface area contributed by atoms with Crippen molar-refractivity contribution in [3.05, 3.63) is 51.9 Å². The summed E-state index contributed by atoms with van der Waals surface area (Å²) < 4.78 is 7.84. The van der Waals surface area contributed by atoms with Gasteiger partial charge < -0.3 is 14.7 Å². The summed E-state index contributed by atoms with van der Waals surface area (Å²) in [7, 11) is 0. The molecule has 0 radical (unpaired) electrons. The number of halogens is 1. The lowest BCUT2D eigenvalue weighted by Crippen LogP contribution is -2.65. The molecule has 7 nitrogen and oxygen atoms in total. The van der Waals surface area contributed by atoms with Gasteiger partial charge in [0, 0.05) is 6.20 Å². The summed E-state index contributed by atoms with van der Waals surface area (Å²) >= 11 is 2.12. The first-order chi connectivity index (χ1) is 11.5. The van der Waals surface area contributed by atoms with Gasteiger partial charge in [0.25, 0.3) is 0 Å². The Morgan fingerprint density at radius 1 is 1.29 bits per heavy atom. The van der Waals surface area contributed by atoms with E-state index in [4.69, 9.17) is 4.74 Å². The van der Waals surface area contributed by atoms with Gasteiger partial charge in [-0.1, -0.05) is 30.3 Å². The molecule has 0 saturated carbocycles. The van der Waals surface area contributed by atoms with Crippen LogP contribution in [0.1, 0.15) is 12.0 Å². The fraction of sp³-hybridized carbons (Fsp3) is 0.312. The topological polar surface area (TPSA) is 84.7 Å². The minimum absolute atomic E-state index is 0.0901. The number of carboxylic acids is 1. The van der Waals surface area contributed by atoms with Crippen molar-refractivity contribution in [3.8, 4) is 0 Å². The lowest BCUT2D eigenvalue weighted by molar-refractivity contribution is -0.142. The lowest BCUT2D eigenvalue weighted by Gasteiger charge is -2.48. The minimum Gasteiger partial charge on any atom is -0.481 e. The third-order valence-corrected chi connectivity index (χ3v) is 4.51. The second kappa shape index (κ2) is 6.80. The summed E-state index contributed by atoms with van der Waals surface area (Å²) in [6.07, 6.45) is 2.92. The number of rotatable bonds is 5. The first-order valence-corrected chi connectivity index (χ1v) is 8.44.